The number of hydrazone groups is 1. The van der Waals surface area contributed by atoms with E-state index in [0.717, 1.165) is 0 Å². The fourth-order valence-electron chi connectivity index (χ4n) is 2.03. The van der Waals surface area contributed by atoms with Gasteiger partial charge in [0.25, 0.3) is 0 Å². The van der Waals surface area contributed by atoms with Gasteiger partial charge in [0.05, 0.1) is 31.9 Å². The summed E-state index contributed by atoms with van der Waals surface area (Å²) in [5.74, 6) is 0.304. The summed E-state index contributed by atoms with van der Waals surface area (Å²) in [6.45, 7) is 0. The van der Waals surface area contributed by atoms with Gasteiger partial charge in [-0.05, 0) is 35.9 Å². The molecule has 6 nitrogen and oxygen atoms in total. The van der Waals surface area contributed by atoms with Crippen molar-refractivity contribution in [2.24, 2.45) is 5.10 Å². The van der Waals surface area contributed by atoms with Crippen LogP contribution in [0.15, 0.2) is 35.4 Å². The first-order valence-corrected chi connectivity index (χ1v) is 7.91. The molecule has 132 valence electrons. The number of carbonyl (C=O) groups is 1. The minimum Gasteiger partial charge on any atom is -0.503 e. The number of aromatic hydroxyl groups is 1. The lowest BCUT2D eigenvalue weighted by Gasteiger charge is -2.07. The van der Waals surface area contributed by atoms with Gasteiger partial charge in [0.2, 0.25) is 5.91 Å². The summed E-state index contributed by atoms with van der Waals surface area (Å²) in [4.78, 5) is 12.0. The van der Waals surface area contributed by atoms with Crippen LogP contribution in [0.3, 0.4) is 0 Å². The van der Waals surface area contributed by atoms with Crippen molar-refractivity contribution in [2.45, 2.75) is 6.42 Å². The van der Waals surface area contributed by atoms with E-state index in [9.17, 15) is 9.90 Å². The van der Waals surface area contributed by atoms with Crippen molar-refractivity contribution in [3.63, 3.8) is 0 Å². The molecule has 0 aliphatic rings. The molecule has 0 spiro atoms. The Hall–Kier alpha value is -2.44. The average Bonchev–Trinajstić information content (AvgIpc) is 2.60. The van der Waals surface area contributed by atoms with E-state index in [1.54, 1.807) is 30.3 Å². The molecule has 2 rings (SSSR count). The summed E-state index contributed by atoms with van der Waals surface area (Å²) in [6, 6.07) is 8.20. The van der Waals surface area contributed by atoms with Crippen LogP contribution in [-0.2, 0) is 11.2 Å². The highest BCUT2D eigenvalue weighted by molar-refractivity contribution is 6.34. The first-order chi connectivity index (χ1) is 12.0. The van der Waals surface area contributed by atoms with Crippen LogP contribution in [0.1, 0.15) is 11.1 Å². The topological polar surface area (TPSA) is 80.2 Å². The third-order valence-corrected chi connectivity index (χ3v) is 4.09. The smallest absolute Gasteiger partial charge is 0.244 e. The number of halogens is 2. The number of methoxy groups -OCH3 is 2. The third kappa shape index (κ3) is 4.78. The standard InChI is InChI=1S/C17H16Cl2N2O4/c1-24-12-4-5-13(18)11(7-12)8-15(22)21-20-9-10-3-6-14(25-2)17(23)16(10)19/h3-7,9,23H,8H2,1-2H3,(H,21,22)/b20-9+. The summed E-state index contributed by atoms with van der Waals surface area (Å²) in [7, 11) is 2.95. The minimum atomic E-state index is -0.361. The molecule has 0 aromatic heterocycles. The Labute approximate surface area is 155 Å². The molecule has 0 atom stereocenters. The van der Waals surface area contributed by atoms with Gasteiger partial charge in [0.1, 0.15) is 5.75 Å². The molecule has 0 heterocycles. The number of amides is 1. The van der Waals surface area contributed by atoms with E-state index >= 15 is 0 Å². The van der Waals surface area contributed by atoms with Gasteiger partial charge in [-0.2, -0.15) is 5.10 Å². The first kappa shape index (κ1) is 18.9. The zero-order valence-electron chi connectivity index (χ0n) is 13.5. The van der Waals surface area contributed by atoms with E-state index in [1.807, 2.05) is 0 Å². The molecule has 2 N–H and O–H groups in total. The highest BCUT2D eigenvalue weighted by Crippen LogP contribution is 2.35. The lowest BCUT2D eigenvalue weighted by Crippen LogP contribution is -2.20. The Morgan fingerprint density at radius 3 is 2.68 bits per heavy atom. The maximum absolute atomic E-state index is 12.0. The van der Waals surface area contributed by atoms with Gasteiger partial charge in [0.15, 0.2) is 11.5 Å². The largest absolute Gasteiger partial charge is 0.503 e. The predicted octanol–water partition coefficient (Wildman–Crippen LogP) is 3.41. The summed E-state index contributed by atoms with van der Waals surface area (Å²) in [5, 5.41) is 14.2. The molecule has 8 heteroatoms. The Balaban J connectivity index is 2.03. The number of nitrogens with zero attached hydrogens (tertiary/aromatic N) is 1. The molecule has 0 aliphatic heterocycles. The molecule has 0 unspecified atom stereocenters. The summed E-state index contributed by atoms with van der Waals surface area (Å²) in [6.07, 6.45) is 1.36. The molecule has 0 radical (unpaired) electrons. The van der Waals surface area contributed by atoms with Crippen LogP contribution in [0.4, 0.5) is 0 Å². The van der Waals surface area contributed by atoms with E-state index in [4.69, 9.17) is 32.7 Å². The zero-order valence-corrected chi connectivity index (χ0v) is 15.1. The first-order valence-electron chi connectivity index (χ1n) is 7.16. The van der Waals surface area contributed by atoms with Crippen LogP contribution >= 0.6 is 23.2 Å². The van der Waals surface area contributed by atoms with Crippen LogP contribution < -0.4 is 14.9 Å². The van der Waals surface area contributed by atoms with Gasteiger partial charge in [-0.1, -0.05) is 23.2 Å². The maximum Gasteiger partial charge on any atom is 0.244 e. The quantitative estimate of drug-likeness (QED) is 0.592. The highest BCUT2D eigenvalue weighted by atomic mass is 35.5. The monoisotopic (exact) mass is 382 g/mol. The summed E-state index contributed by atoms with van der Waals surface area (Å²) >= 11 is 12.1. The van der Waals surface area contributed by atoms with Crippen molar-refractivity contribution in [1.82, 2.24) is 5.43 Å². The van der Waals surface area contributed by atoms with E-state index in [0.29, 0.717) is 21.9 Å². The Morgan fingerprint density at radius 1 is 1.24 bits per heavy atom. The molecular formula is C17H16Cl2N2O4. The van der Waals surface area contributed by atoms with Crippen LogP contribution in [-0.4, -0.2) is 31.4 Å². The Kier molecular flexibility index (Phi) is 6.50. The van der Waals surface area contributed by atoms with Crippen molar-refractivity contribution in [3.8, 4) is 17.2 Å². The van der Waals surface area contributed by atoms with Gasteiger partial charge < -0.3 is 14.6 Å². The molecule has 0 saturated heterocycles. The molecule has 2 aromatic carbocycles. The number of phenols is 1. The molecule has 0 saturated carbocycles. The van der Waals surface area contributed by atoms with Crippen LogP contribution in [0.2, 0.25) is 10.0 Å². The number of carbonyl (C=O) groups excluding carboxylic acids is 1. The number of phenolic OH excluding ortho intramolecular Hbond substituents is 1. The number of hydrogen-bond acceptors (Lipinski definition) is 5. The van der Waals surface area contributed by atoms with Crippen molar-refractivity contribution < 1.29 is 19.4 Å². The van der Waals surface area contributed by atoms with Gasteiger partial charge in [-0.25, -0.2) is 5.43 Å². The predicted molar refractivity (Wildman–Crippen MR) is 97.1 cm³/mol. The second kappa shape index (κ2) is 8.60. The van der Waals surface area contributed by atoms with E-state index in [2.05, 4.69) is 10.5 Å². The lowest BCUT2D eigenvalue weighted by molar-refractivity contribution is -0.120. The summed E-state index contributed by atoms with van der Waals surface area (Å²) < 4.78 is 10.1. The molecule has 0 bridgehead atoms. The second-order valence-corrected chi connectivity index (χ2v) is 5.73. The van der Waals surface area contributed by atoms with E-state index < -0.39 is 0 Å². The van der Waals surface area contributed by atoms with E-state index in [1.165, 1.54) is 20.4 Å². The number of ether oxygens (including phenoxy) is 2. The molecule has 1 amide bonds. The molecule has 0 fully saturated rings. The van der Waals surface area contributed by atoms with Crippen LogP contribution in [0.25, 0.3) is 0 Å². The Morgan fingerprint density at radius 2 is 2.00 bits per heavy atom. The summed E-state index contributed by atoms with van der Waals surface area (Å²) in [5.41, 5.74) is 3.43. The van der Waals surface area contributed by atoms with Crippen LogP contribution in [0, 0.1) is 0 Å². The second-order valence-electron chi connectivity index (χ2n) is 4.95. The molecular weight excluding hydrogens is 367 g/mol. The van der Waals surface area contributed by atoms with Crippen molar-refractivity contribution in [3.05, 3.63) is 51.5 Å². The lowest BCUT2D eigenvalue weighted by atomic mass is 10.1. The van der Waals surface area contributed by atoms with E-state index in [-0.39, 0.29) is 28.8 Å². The van der Waals surface area contributed by atoms with Gasteiger partial charge in [0, 0.05) is 10.6 Å². The number of rotatable bonds is 6. The third-order valence-electron chi connectivity index (χ3n) is 3.33. The number of benzene rings is 2. The van der Waals surface area contributed by atoms with Crippen molar-refractivity contribution >= 4 is 35.3 Å². The van der Waals surface area contributed by atoms with Gasteiger partial charge >= 0.3 is 0 Å². The zero-order chi connectivity index (χ0) is 18.4. The molecule has 25 heavy (non-hydrogen) atoms. The fourth-order valence-corrected chi connectivity index (χ4v) is 2.42. The van der Waals surface area contributed by atoms with Gasteiger partial charge in [-0.3, -0.25) is 4.79 Å². The number of hydrogen-bond donors (Lipinski definition) is 2. The normalized spacial score (nSPS) is 10.7. The minimum absolute atomic E-state index is 0.0367. The number of nitrogens with one attached hydrogen (secondary N) is 1. The highest BCUT2D eigenvalue weighted by Gasteiger charge is 2.11. The average molecular weight is 383 g/mol. The van der Waals surface area contributed by atoms with Crippen LogP contribution in [0.5, 0.6) is 17.2 Å². The SMILES string of the molecule is COc1ccc(Cl)c(CC(=O)N/N=C/c2ccc(OC)c(O)c2Cl)c1. The molecule has 0 aliphatic carbocycles. The fraction of sp³-hybridized carbons (Fsp3) is 0.176. The van der Waals surface area contributed by atoms with Crippen molar-refractivity contribution in [2.75, 3.05) is 14.2 Å². The molecule has 2 aromatic rings. The van der Waals surface area contributed by atoms with Crippen molar-refractivity contribution in [1.29, 1.82) is 0 Å². The maximum atomic E-state index is 12.0. The Bertz CT molecular complexity index is 809. The van der Waals surface area contributed by atoms with Gasteiger partial charge in [-0.15, -0.1) is 0 Å².